The normalized spacial score (nSPS) is 14.4. The van der Waals surface area contributed by atoms with Crippen LogP contribution in [0.5, 0.6) is 5.88 Å². The number of aromatic nitrogens is 2. The number of nitrogens with zero attached hydrogens (tertiary/aromatic N) is 2. The van der Waals surface area contributed by atoms with Crippen molar-refractivity contribution in [3.05, 3.63) is 23.1 Å². The van der Waals surface area contributed by atoms with Gasteiger partial charge in [0.1, 0.15) is 11.4 Å². The lowest BCUT2D eigenvalue weighted by atomic mass is 9.97. The highest BCUT2D eigenvalue weighted by Crippen LogP contribution is 2.40. The lowest BCUT2D eigenvalue weighted by Gasteiger charge is -2.12. The van der Waals surface area contributed by atoms with E-state index in [2.05, 4.69) is 16.5 Å². The summed E-state index contributed by atoms with van der Waals surface area (Å²) >= 11 is 3.36. The van der Waals surface area contributed by atoms with Crippen molar-refractivity contribution in [2.45, 2.75) is 30.8 Å². The number of aryl methyl sites for hydroxylation is 2. The molecule has 0 amide bonds. The minimum absolute atomic E-state index is 0.491. The van der Waals surface area contributed by atoms with Crippen LogP contribution in [-0.4, -0.2) is 22.8 Å². The second-order valence-electron chi connectivity index (χ2n) is 4.51. The van der Waals surface area contributed by atoms with Crippen LogP contribution < -0.4 is 4.74 Å². The second-order valence-corrected chi connectivity index (χ2v) is 6.36. The van der Waals surface area contributed by atoms with Crippen LogP contribution in [0.2, 0.25) is 0 Å². The summed E-state index contributed by atoms with van der Waals surface area (Å²) in [4.78, 5) is 11.7. The second kappa shape index (κ2) is 5.51. The predicted octanol–water partition coefficient (Wildman–Crippen LogP) is 3.86. The molecule has 0 aromatic carbocycles. The molecule has 0 saturated carbocycles. The fourth-order valence-corrected chi connectivity index (χ4v) is 4.11. The number of ether oxygens (including phenoxy) is 1. The van der Waals surface area contributed by atoms with E-state index in [9.17, 15) is 0 Å². The fourth-order valence-electron chi connectivity index (χ4n) is 2.44. The Hall–Kier alpha value is -1.07. The molecule has 0 unspecified atom stereocenters. The molecule has 1 aliphatic carbocycles. The Labute approximate surface area is 121 Å². The molecule has 0 radical (unpaired) electrons. The first-order valence-electron chi connectivity index (χ1n) is 6.43. The van der Waals surface area contributed by atoms with Gasteiger partial charge in [0.15, 0.2) is 5.16 Å². The van der Waals surface area contributed by atoms with Gasteiger partial charge in [0.25, 0.3) is 0 Å². The summed E-state index contributed by atoms with van der Waals surface area (Å²) in [7, 11) is 0. The Morgan fingerprint density at radius 3 is 3.00 bits per heavy atom. The molecule has 0 N–H and O–H groups in total. The molecule has 0 spiro atoms. The molecule has 2 aromatic rings. The largest absolute Gasteiger partial charge is 0.473 e. The van der Waals surface area contributed by atoms with Crippen molar-refractivity contribution in [2.75, 3.05) is 12.9 Å². The van der Waals surface area contributed by atoms with Gasteiger partial charge in [-0.1, -0.05) is 24.4 Å². The molecule has 3 rings (SSSR count). The summed E-state index contributed by atoms with van der Waals surface area (Å²) in [6.07, 6.45) is 8.58. The number of hydrogen-bond donors (Lipinski definition) is 0. The first-order chi connectivity index (χ1) is 9.33. The third-order valence-corrected chi connectivity index (χ3v) is 5.01. The van der Waals surface area contributed by atoms with Crippen LogP contribution in [0.15, 0.2) is 17.8 Å². The first kappa shape index (κ1) is 12.9. The standard InChI is InChI=1S/C14H16N2OS2/c1-3-8-17-12-11-9-6-4-5-7-10(9)19-13(11)16-14(15-12)18-2/h3H,1,4-8H2,2H3. The van der Waals surface area contributed by atoms with Gasteiger partial charge in [0, 0.05) is 4.88 Å². The van der Waals surface area contributed by atoms with E-state index in [0.29, 0.717) is 6.61 Å². The molecule has 5 heteroatoms. The number of fused-ring (bicyclic) bond motifs is 3. The van der Waals surface area contributed by atoms with Crippen LogP contribution in [0.4, 0.5) is 0 Å². The van der Waals surface area contributed by atoms with Crippen LogP contribution >= 0.6 is 23.1 Å². The zero-order valence-electron chi connectivity index (χ0n) is 10.9. The van der Waals surface area contributed by atoms with E-state index in [-0.39, 0.29) is 0 Å². The number of thiophene rings is 1. The zero-order valence-corrected chi connectivity index (χ0v) is 12.6. The number of hydrogen-bond acceptors (Lipinski definition) is 5. The summed E-state index contributed by atoms with van der Waals surface area (Å²) in [6.45, 7) is 4.19. The van der Waals surface area contributed by atoms with Crippen molar-refractivity contribution in [2.24, 2.45) is 0 Å². The molecule has 2 heterocycles. The number of thioether (sulfide) groups is 1. The highest BCUT2D eigenvalue weighted by Gasteiger charge is 2.21. The lowest BCUT2D eigenvalue weighted by molar-refractivity contribution is 0.349. The molecule has 0 aliphatic heterocycles. The maximum absolute atomic E-state index is 5.76. The first-order valence-corrected chi connectivity index (χ1v) is 8.47. The summed E-state index contributed by atoms with van der Waals surface area (Å²) in [5.74, 6) is 0.730. The molecular weight excluding hydrogens is 276 g/mol. The third-order valence-electron chi connectivity index (χ3n) is 3.28. The number of rotatable bonds is 4. The minimum atomic E-state index is 0.491. The molecule has 100 valence electrons. The van der Waals surface area contributed by atoms with Crippen LogP contribution in [0, 0.1) is 0 Å². The van der Waals surface area contributed by atoms with Crippen molar-refractivity contribution in [1.82, 2.24) is 9.97 Å². The summed E-state index contributed by atoms with van der Waals surface area (Å²) in [5.41, 5.74) is 1.41. The fraction of sp³-hybridized carbons (Fsp3) is 0.429. The van der Waals surface area contributed by atoms with Gasteiger partial charge in [-0.3, -0.25) is 0 Å². The van der Waals surface area contributed by atoms with Gasteiger partial charge < -0.3 is 4.74 Å². The zero-order chi connectivity index (χ0) is 13.2. The highest BCUT2D eigenvalue weighted by molar-refractivity contribution is 7.98. The third kappa shape index (κ3) is 2.37. The monoisotopic (exact) mass is 292 g/mol. The van der Waals surface area contributed by atoms with E-state index < -0.39 is 0 Å². The molecule has 3 nitrogen and oxygen atoms in total. The van der Waals surface area contributed by atoms with Crippen LogP contribution in [-0.2, 0) is 12.8 Å². The molecule has 0 bridgehead atoms. The van der Waals surface area contributed by atoms with Gasteiger partial charge in [0.05, 0.1) is 5.39 Å². The van der Waals surface area contributed by atoms with Gasteiger partial charge in [0.2, 0.25) is 5.88 Å². The lowest BCUT2D eigenvalue weighted by Crippen LogP contribution is -2.02. The van der Waals surface area contributed by atoms with E-state index >= 15 is 0 Å². The molecule has 19 heavy (non-hydrogen) atoms. The molecular formula is C14H16N2OS2. The summed E-state index contributed by atoms with van der Waals surface area (Å²) in [5, 5.41) is 1.92. The van der Waals surface area contributed by atoms with E-state index in [4.69, 9.17) is 4.74 Å². The SMILES string of the molecule is C=CCOc1nc(SC)nc2sc3c(c12)CCCC3. The van der Waals surface area contributed by atoms with Crippen molar-refractivity contribution in [3.8, 4) is 5.88 Å². The summed E-state index contributed by atoms with van der Waals surface area (Å²) in [6, 6.07) is 0. The maximum Gasteiger partial charge on any atom is 0.226 e. The Morgan fingerprint density at radius 2 is 2.21 bits per heavy atom. The predicted molar refractivity (Wildman–Crippen MR) is 81.5 cm³/mol. The van der Waals surface area contributed by atoms with Gasteiger partial charge in [-0.2, -0.15) is 4.98 Å². The quantitative estimate of drug-likeness (QED) is 0.487. The van der Waals surface area contributed by atoms with E-state index in [1.54, 1.807) is 29.2 Å². The van der Waals surface area contributed by atoms with E-state index in [0.717, 1.165) is 27.7 Å². The average molecular weight is 292 g/mol. The highest BCUT2D eigenvalue weighted by atomic mass is 32.2. The Bertz CT molecular complexity index is 621. The van der Waals surface area contributed by atoms with Gasteiger partial charge in [-0.05, 0) is 37.5 Å². The average Bonchev–Trinajstić information content (AvgIpc) is 2.82. The molecule has 1 aliphatic rings. The molecule has 0 atom stereocenters. The molecule has 2 aromatic heterocycles. The molecule has 0 saturated heterocycles. The minimum Gasteiger partial charge on any atom is -0.473 e. The summed E-state index contributed by atoms with van der Waals surface area (Å²) < 4.78 is 5.76. The van der Waals surface area contributed by atoms with Gasteiger partial charge in [-0.15, -0.1) is 11.3 Å². The molecule has 0 fully saturated rings. The van der Waals surface area contributed by atoms with Crippen molar-refractivity contribution < 1.29 is 4.74 Å². The van der Waals surface area contributed by atoms with Crippen molar-refractivity contribution in [1.29, 1.82) is 0 Å². The Balaban J connectivity index is 2.18. The van der Waals surface area contributed by atoms with E-state index in [1.807, 2.05) is 6.26 Å². The van der Waals surface area contributed by atoms with Crippen molar-refractivity contribution >= 4 is 33.3 Å². The Morgan fingerprint density at radius 1 is 1.37 bits per heavy atom. The van der Waals surface area contributed by atoms with Crippen molar-refractivity contribution in [3.63, 3.8) is 0 Å². The van der Waals surface area contributed by atoms with Gasteiger partial charge in [-0.25, -0.2) is 4.98 Å². The smallest absolute Gasteiger partial charge is 0.226 e. The van der Waals surface area contributed by atoms with Crippen LogP contribution in [0.25, 0.3) is 10.2 Å². The van der Waals surface area contributed by atoms with Crippen LogP contribution in [0.1, 0.15) is 23.3 Å². The van der Waals surface area contributed by atoms with Gasteiger partial charge >= 0.3 is 0 Å². The van der Waals surface area contributed by atoms with Crippen LogP contribution in [0.3, 0.4) is 0 Å². The Kier molecular flexibility index (Phi) is 3.75. The maximum atomic E-state index is 5.76. The topological polar surface area (TPSA) is 35.0 Å². The van der Waals surface area contributed by atoms with E-state index in [1.165, 1.54) is 29.7 Å².